The van der Waals surface area contributed by atoms with Crippen molar-refractivity contribution in [3.63, 3.8) is 0 Å². The molecule has 0 aliphatic heterocycles. The summed E-state index contributed by atoms with van der Waals surface area (Å²) < 4.78 is 0. The van der Waals surface area contributed by atoms with Crippen molar-refractivity contribution in [2.24, 2.45) is 23.5 Å². The molecule has 1 aromatic rings. The summed E-state index contributed by atoms with van der Waals surface area (Å²) >= 11 is 0. The molecule has 1 aliphatic carbocycles. The zero-order chi connectivity index (χ0) is 13.1. The van der Waals surface area contributed by atoms with Crippen molar-refractivity contribution in [1.29, 1.82) is 0 Å². The van der Waals surface area contributed by atoms with Gasteiger partial charge in [0.2, 0.25) is 0 Å². The lowest BCUT2D eigenvalue weighted by Crippen LogP contribution is -2.31. The fraction of sp³-hybridized carbons (Fsp3) is 0.647. The van der Waals surface area contributed by atoms with Gasteiger partial charge in [-0.3, -0.25) is 0 Å². The number of benzene rings is 1. The lowest BCUT2D eigenvalue weighted by molar-refractivity contribution is 0.193. The van der Waals surface area contributed by atoms with Gasteiger partial charge in [-0.25, -0.2) is 0 Å². The minimum Gasteiger partial charge on any atom is -0.330 e. The summed E-state index contributed by atoms with van der Waals surface area (Å²) in [6.45, 7) is 7.68. The highest BCUT2D eigenvalue weighted by Gasteiger charge is 2.27. The predicted molar refractivity (Wildman–Crippen MR) is 78.7 cm³/mol. The van der Waals surface area contributed by atoms with Crippen LogP contribution in [0.3, 0.4) is 0 Å². The average molecular weight is 245 g/mol. The van der Waals surface area contributed by atoms with Crippen LogP contribution in [-0.2, 0) is 6.42 Å². The van der Waals surface area contributed by atoms with Crippen molar-refractivity contribution in [2.75, 3.05) is 6.54 Å². The molecule has 18 heavy (non-hydrogen) atoms. The van der Waals surface area contributed by atoms with Crippen molar-refractivity contribution >= 4 is 0 Å². The molecule has 0 bridgehead atoms. The highest BCUT2D eigenvalue weighted by atomic mass is 14.6. The van der Waals surface area contributed by atoms with Gasteiger partial charge >= 0.3 is 0 Å². The van der Waals surface area contributed by atoms with Crippen molar-refractivity contribution in [1.82, 2.24) is 0 Å². The van der Waals surface area contributed by atoms with E-state index in [4.69, 9.17) is 5.73 Å². The fourth-order valence-electron chi connectivity index (χ4n) is 3.42. The SMILES string of the molecule is Cc1ccc(C)c(CC2CC(C)CCC2CN)c1. The van der Waals surface area contributed by atoms with Gasteiger partial charge in [0.25, 0.3) is 0 Å². The Kier molecular flexibility index (Phi) is 4.45. The molecule has 3 atom stereocenters. The third-order valence-corrected chi connectivity index (χ3v) is 4.69. The number of hydrogen-bond donors (Lipinski definition) is 1. The van der Waals surface area contributed by atoms with Crippen LogP contribution in [0.2, 0.25) is 0 Å². The Balaban J connectivity index is 2.12. The summed E-state index contributed by atoms with van der Waals surface area (Å²) in [5.41, 5.74) is 10.3. The molecule has 1 aliphatic rings. The van der Waals surface area contributed by atoms with Gasteiger partial charge in [-0.15, -0.1) is 0 Å². The van der Waals surface area contributed by atoms with Crippen LogP contribution in [0.1, 0.15) is 42.9 Å². The Morgan fingerprint density at radius 1 is 1.17 bits per heavy atom. The van der Waals surface area contributed by atoms with Gasteiger partial charge in [0.1, 0.15) is 0 Å². The first kappa shape index (κ1) is 13.6. The van der Waals surface area contributed by atoms with Gasteiger partial charge in [0, 0.05) is 0 Å². The maximum absolute atomic E-state index is 5.96. The monoisotopic (exact) mass is 245 g/mol. The topological polar surface area (TPSA) is 26.0 Å². The van der Waals surface area contributed by atoms with E-state index in [0.717, 1.165) is 24.3 Å². The molecular formula is C17H27N. The Morgan fingerprint density at radius 2 is 1.94 bits per heavy atom. The quantitative estimate of drug-likeness (QED) is 0.860. The van der Waals surface area contributed by atoms with Crippen LogP contribution in [0.5, 0.6) is 0 Å². The van der Waals surface area contributed by atoms with Gasteiger partial charge in [0.15, 0.2) is 0 Å². The molecular weight excluding hydrogens is 218 g/mol. The number of rotatable bonds is 3. The van der Waals surface area contributed by atoms with E-state index >= 15 is 0 Å². The van der Waals surface area contributed by atoms with Crippen LogP contribution in [-0.4, -0.2) is 6.54 Å². The predicted octanol–water partition coefficient (Wildman–Crippen LogP) is 3.86. The highest BCUT2D eigenvalue weighted by Crippen LogP contribution is 2.35. The molecule has 0 saturated heterocycles. The first-order valence-corrected chi connectivity index (χ1v) is 7.36. The average Bonchev–Trinajstić information content (AvgIpc) is 2.34. The molecule has 0 spiro atoms. The second kappa shape index (κ2) is 5.88. The molecule has 1 saturated carbocycles. The molecule has 0 amide bonds. The lowest BCUT2D eigenvalue weighted by Gasteiger charge is -2.34. The minimum absolute atomic E-state index is 0.737. The van der Waals surface area contributed by atoms with E-state index in [0.29, 0.717) is 0 Å². The van der Waals surface area contributed by atoms with Gasteiger partial charge in [0.05, 0.1) is 0 Å². The maximum atomic E-state index is 5.96. The Labute approximate surface area is 112 Å². The van der Waals surface area contributed by atoms with Crippen LogP contribution >= 0.6 is 0 Å². The first-order chi connectivity index (χ1) is 8.60. The molecule has 2 N–H and O–H groups in total. The smallest absolute Gasteiger partial charge is 0.00461 e. The zero-order valence-corrected chi connectivity index (χ0v) is 12.1. The molecule has 0 aromatic heterocycles. The standard InChI is InChI=1S/C17H27N/c1-12-4-6-14(3)16(8-12)10-17-9-13(2)5-7-15(17)11-18/h4,6,8,13,15,17H,5,7,9-11,18H2,1-3H3. The Morgan fingerprint density at radius 3 is 2.67 bits per heavy atom. The van der Waals surface area contributed by atoms with Crippen LogP contribution in [0, 0.1) is 31.6 Å². The van der Waals surface area contributed by atoms with E-state index < -0.39 is 0 Å². The van der Waals surface area contributed by atoms with Crippen LogP contribution in [0.15, 0.2) is 18.2 Å². The van der Waals surface area contributed by atoms with Gasteiger partial charge < -0.3 is 5.73 Å². The fourth-order valence-corrected chi connectivity index (χ4v) is 3.42. The van der Waals surface area contributed by atoms with E-state index in [-0.39, 0.29) is 0 Å². The molecule has 100 valence electrons. The van der Waals surface area contributed by atoms with Crippen molar-refractivity contribution in [3.05, 3.63) is 34.9 Å². The second-order valence-corrected chi connectivity index (χ2v) is 6.31. The largest absolute Gasteiger partial charge is 0.330 e. The summed E-state index contributed by atoms with van der Waals surface area (Å²) in [4.78, 5) is 0. The van der Waals surface area contributed by atoms with Crippen LogP contribution in [0.4, 0.5) is 0 Å². The normalized spacial score (nSPS) is 28.3. The minimum atomic E-state index is 0.737. The third kappa shape index (κ3) is 3.14. The van der Waals surface area contributed by atoms with E-state index in [1.165, 1.54) is 42.4 Å². The molecule has 3 unspecified atom stereocenters. The number of hydrogen-bond acceptors (Lipinski definition) is 1. The maximum Gasteiger partial charge on any atom is -0.00461 e. The first-order valence-electron chi connectivity index (χ1n) is 7.36. The van der Waals surface area contributed by atoms with E-state index in [2.05, 4.69) is 39.0 Å². The van der Waals surface area contributed by atoms with E-state index in [1.807, 2.05) is 0 Å². The number of nitrogens with two attached hydrogens (primary N) is 1. The van der Waals surface area contributed by atoms with Crippen LogP contribution in [0.25, 0.3) is 0 Å². The zero-order valence-electron chi connectivity index (χ0n) is 12.1. The molecule has 2 rings (SSSR count). The van der Waals surface area contributed by atoms with Crippen molar-refractivity contribution < 1.29 is 0 Å². The highest BCUT2D eigenvalue weighted by molar-refractivity contribution is 5.30. The van der Waals surface area contributed by atoms with E-state index in [9.17, 15) is 0 Å². The summed E-state index contributed by atoms with van der Waals surface area (Å²) in [7, 11) is 0. The molecule has 1 nitrogen and oxygen atoms in total. The lowest BCUT2D eigenvalue weighted by atomic mass is 9.72. The molecule has 1 aromatic carbocycles. The third-order valence-electron chi connectivity index (χ3n) is 4.69. The van der Waals surface area contributed by atoms with E-state index in [1.54, 1.807) is 0 Å². The molecule has 1 heteroatoms. The summed E-state index contributed by atoms with van der Waals surface area (Å²) in [6.07, 6.45) is 5.27. The van der Waals surface area contributed by atoms with Crippen molar-refractivity contribution in [3.8, 4) is 0 Å². The summed E-state index contributed by atoms with van der Waals surface area (Å²) in [5.74, 6) is 2.41. The molecule has 0 radical (unpaired) electrons. The summed E-state index contributed by atoms with van der Waals surface area (Å²) in [6, 6.07) is 6.83. The summed E-state index contributed by atoms with van der Waals surface area (Å²) in [5, 5.41) is 0. The van der Waals surface area contributed by atoms with Crippen LogP contribution < -0.4 is 5.73 Å². The molecule has 0 heterocycles. The van der Waals surface area contributed by atoms with Gasteiger partial charge in [-0.2, -0.15) is 0 Å². The second-order valence-electron chi connectivity index (χ2n) is 6.31. The van der Waals surface area contributed by atoms with Gasteiger partial charge in [-0.1, -0.05) is 37.1 Å². The molecule has 1 fully saturated rings. The van der Waals surface area contributed by atoms with Gasteiger partial charge in [-0.05, 0) is 68.5 Å². The van der Waals surface area contributed by atoms with Crippen molar-refractivity contribution in [2.45, 2.75) is 46.5 Å². The Hall–Kier alpha value is -0.820. The number of aryl methyl sites for hydroxylation is 2. The Bertz CT molecular complexity index is 397.